The fraction of sp³-hybridized carbons (Fsp3) is 0.480. The Morgan fingerprint density at radius 2 is 1.86 bits per heavy atom. The lowest BCUT2D eigenvalue weighted by Crippen LogP contribution is -2.30. The van der Waals surface area contributed by atoms with Crippen LogP contribution in [0.4, 0.5) is 24.9 Å². The highest BCUT2D eigenvalue weighted by Crippen LogP contribution is 2.26. The lowest BCUT2D eigenvalue weighted by molar-refractivity contribution is -0.117. The van der Waals surface area contributed by atoms with Gasteiger partial charge in [0, 0.05) is 50.9 Å². The van der Waals surface area contributed by atoms with E-state index in [-0.39, 0.29) is 17.9 Å². The van der Waals surface area contributed by atoms with Crippen LogP contribution in [0.5, 0.6) is 0 Å². The maximum Gasteiger partial charge on any atom is 0.226 e. The van der Waals surface area contributed by atoms with Crippen molar-refractivity contribution < 1.29 is 13.6 Å². The minimum absolute atomic E-state index is 0.0963. The number of benzene rings is 1. The molecule has 1 aromatic carbocycles. The highest BCUT2D eigenvalue weighted by Gasteiger charge is 2.25. The summed E-state index contributed by atoms with van der Waals surface area (Å²) in [5.41, 5.74) is 0.610. The Morgan fingerprint density at radius 3 is 2.68 bits per heavy atom. The molecule has 2 aliphatic rings. The minimum atomic E-state index is -0.567. The predicted octanol–water partition coefficient (Wildman–Crippen LogP) is 3.93. The van der Waals surface area contributed by atoms with Crippen LogP contribution in [0.1, 0.15) is 37.7 Å². The predicted molar refractivity (Wildman–Crippen MR) is 138 cm³/mol. The molecular formula is C25H30F2N8OS. The van der Waals surface area contributed by atoms with Crippen LogP contribution in [0.3, 0.4) is 0 Å². The molecule has 4 heterocycles. The third-order valence-corrected chi connectivity index (χ3v) is 7.50. The van der Waals surface area contributed by atoms with Gasteiger partial charge in [0.05, 0.1) is 0 Å². The van der Waals surface area contributed by atoms with E-state index in [9.17, 15) is 13.6 Å². The first kappa shape index (κ1) is 25.4. The fourth-order valence-corrected chi connectivity index (χ4v) is 5.81. The van der Waals surface area contributed by atoms with Gasteiger partial charge in [-0.25, -0.2) is 8.78 Å². The summed E-state index contributed by atoms with van der Waals surface area (Å²) in [5, 5.41) is 23.9. The van der Waals surface area contributed by atoms with Gasteiger partial charge in [-0.3, -0.25) is 9.69 Å². The van der Waals surface area contributed by atoms with Crippen molar-refractivity contribution in [3.63, 3.8) is 0 Å². The van der Waals surface area contributed by atoms with Gasteiger partial charge in [-0.15, -0.1) is 15.3 Å². The molecule has 2 N–H and O–H groups in total. The average molecular weight is 529 g/mol. The Kier molecular flexibility index (Phi) is 8.15. The molecule has 0 aliphatic carbocycles. The van der Waals surface area contributed by atoms with Crippen LogP contribution in [0.25, 0.3) is 0 Å². The topological polar surface area (TPSA) is 99.2 Å². The van der Waals surface area contributed by atoms with Crippen LogP contribution in [-0.4, -0.2) is 63.4 Å². The van der Waals surface area contributed by atoms with Gasteiger partial charge in [0.15, 0.2) is 5.82 Å². The van der Waals surface area contributed by atoms with Crippen LogP contribution in [0, 0.1) is 17.6 Å². The Balaban J connectivity index is 1.10. The van der Waals surface area contributed by atoms with Crippen molar-refractivity contribution in [1.82, 2.24) is 25.3 Å². The number of likely N-dealkylation sites (tertiary alicyclic amines) is 1. The zero-order chi connectivity index (χ0) is 25.6. The number of anilines is 3. The van der Waals surface area contributed by atoms with Gasteiger partial charge in [-0.05, 0) is 61.6 Å². The molecule has 0 radical (unpaired) electrons. The number of rotatable bonds is 8. The molecule has 2 aliphatic heterocycles. The van der Waals surface area contributed by atoms with E-state index in [2.05, 4.69) is 40.8 Å². The smallest absolute Gasteiger partial charge is 0.226 e. The van der Waals surface area contributed by atoms with Crippen LogP contribution in [-0.2, 0) is 11.3 Å². The number of amides is 1. The molecule has 1 unspecified atom stereocenters. The molecule has 0 spiro atoms. The van der Waals surface area contributed by atoms with E-state index in [0.29, 0.717) is 35.3 Å². The normalized spacial score (nSPS) is 20.5. The summed E-state index contributed by atoms with van der Waals surface area (Å²) < 4.78 is 27.2. The van der Waals surface area contributed by atoms with Gasteiger partial charge in [0.25, 0.3) is 0 Å². The van der Waals surface area contributed by atoms with Crippen molar-refractivity contribution in [2.75, 3.05) is 41.7 Å². The van der Waals surface area contributed by atoms with E-state index in [0.717, 1.165) is 57.2 Å². The molecule has 5 rings (SSSR count). The van der Waals surface area contributed by atoms with Crippen molar-refractivity contribution in [2.45, 2.75) is 44.7 Å². The quantitative estimate of drug-likeness (QED) is 0.454. The van der Waals surface area contributed by atoms with E-state index in [4.69, 9.17) is 0 Å². The maximum atomic E-state index is 13.6. The number of halogens is 2. The fourth-order valence-electron chi connectivity index (χ4n) is 5.07. The van der Waals surface area contributed by atoms with Crippen LogP contribution in [0.15, 0.2) is 36.5 Å². The Morgan fingerprint density at radius 1 is 1.03 bits per heavy atom. The molecule has 2 fully saturated rings. The average Bonchev–Trinajstić information content (AvgIpc) is 3.45. The highest BCUT2D eigenvalue weighted by atomic mass is 32.1. The molecule has 0 bridgehead atoms. The lowest BCUT2D eigenvalue weighted by atomic mass is 9.99. The minimum Gasteiger partial charge on any atom is -0.355 e. The van der Waals surface area contributed by atoms with Crippen molar-refractivity contribution in [3.8, 4) is 0 Å². The van der Waals surface area contributed by atoms with E-state index in [1.165, 1.54) is 23.5 Å². The van der Waals surface area contributed by atoms with Crippen LogP contribution >= 0.6 is 11.3 Å². The second-order valence-corrected chi connectivity index (χ2v) is 10.7. The number of nitrogens with zero attached hydrogens (tertiary/aromatic N) is 6. The molecule has 9 nitrogen and oxygen atoms in total. The van der Waals surface area contributed by atoms with E-state index < -0.39 is 11.6 Å². The molecular weight excluding hydrogens is 498 g/mol. The van der Waals surface area contributed by atoms with Crippen molar-refractivity contribution >= 4 is 33.3 Å². The van der Waals surface area contributed by atoms with E-state index in [1.807, 2.05) is 12.1 Å². The standard InChI is InChI=1S/C25H30F2N8OS/c26-19-10-18(11-20(27)13-19)15-34-8-2-1-4-17(14-34)12-23(36)30-25-33-32-24(37-25)29-21-6-9-35(16-21)22-5-3-7-28-31-22/h3,5,7,10-11,13,17,21H,1-2,4,6,8-9,12,14-16H2,(H,29,32)(H,30,33,36)/t17?,21-/m1/s1. The molecule has 2 atom stereocenters. The summed E-state index contributed by atoms with van der Waals surface area (Å²) in [6.07, 6.45) is 5.93. The number of hydrogen-bond donors (Lipinski definition) is 2. The molecule has 196 valence electrons. The third kappa shape index (κ3) is 7.16. The first-order valence-electron chi connectivity index (χ1n) is 12.6. The number of aromatic nitrogens is 4. The zero-order valence-electron chi connectivity index (χ0n) is 20.4. The molecule has 0 saturated carbocycles. The molecule has 37 heavy (non-hydrogen) atoms. The van der Waals surface area contributed by atoms with Gasteiger partial charge in [-0.1, -0.05) is 17.8 Å². The van der Waals surface area contributed by atoms with Crippen LogP contribution in [0.2, 0.25) is 0 Å². The van der Waals surface area contributed by atoms with Gasteiger partial charge in [-0.2, -0.15) is 5.10 Å². The third-order valence-electron chi connectivity index (χ3n) is 6.73. The highest BCUT2D eigenvalue weighted by molar-refractivity contribution is 7.19. The summed E-state index contributed by atoms with van der Waals surface area (Å²) in [4.78, 5) is 17.1. The van der Waals surface area contributed by atoms with Gasteiger partial charge in [0.1, 0.15) is 11.6 Å². The molecule has 2 aromatic heterocycles. The summed E-state index contributed by atoms with van der Waals surface area (Å²) in [6.45, 7) is 3.69. The summed E-state index contributed by atoms with van der Waals surface area (Å²) in [6, 6.07) is 7.66. The Labute approximate surface area is 218 Å². The van der Waals surface area contributed by atoms with Crippen molar-refractivity contribution in [2.24, 2.45) is 5.92 Å². The van der Waals surface area contributed by atoms with Gasteiger partial charge < -0.3 is 15.5 Å². The van der Waals surface area contributed by atoms with E-state index >= 15 is 0 Å². The largest absolute Gasteiger partial charge is 0.355 e. The zero-order valence-corrected chi connectivity index (χ0v) is 21.3. The lowest BCUT2D eigenvalue weighted by Gasteiger charge is -2.24. The summed E-state index contributed by atoms with van der Waals surface area (Å²) in [5.74, 6) is -0.208. The Hall–Kier alpha value is -3.25. The first-order chi connectivity index (χ1) is 18.0. The Bertz CT molecular complexity index is 1180. The SMILES string of the molecule is O=C(CC1CCCCN(Cc2cc(F)cc(F)c2)C1)Nc1nnc(N[C@@H]2CCN(c3cccnn3)C2)s1. The van der Waals surface area contributed by atoms with Gasteiger partial charge in [0.2, 0.25) is 16.2 Å². The number of carbonyl (C=O) groups excluding carboxylic acids is 1. The molecule has 1 amide bonds. The van der Waals surface area contributed by atoms with Crippen LogP contribution < -0.4 is 15.5 Å². The second kappa shape index (κ2) is 11.9. The molecule has 2 saturated heterocycles. The summed E-state index contributed by atoms with van der Waals surface area (Å²) >= 11 is 1.32. The van der Waals surface area contributed by atoms with Gasteiger partial charge >= 0.3 is 0 Å². The number of carbonyl (C=O) groups is 1. The maximum absolute atomic E-state index is 13.6. The monoisotopic (exact) mass is 528 g/mol. The molecule has 3 aromatic rings. The van der Waals surface area contributed by atoms with E-state index in [1.54, 1.807) is 6.20 Å². The first-order valence-corrected chi connectivity index (χ1v) is 13.4. The summed E-state index contributed by atoms with van der Waals surface area (Å²) in [7, 11) is 0. The van der Waals surface area contributed by atoms with Crippen molar-refractivity contribution in [3.05, 3.63) is 53.7 Å². The number of nitrogens with one attached hydrogen (secondary N) is 2. The van der Waals surface area contributed by atoms with Crippen molar-refractivity contribution in [1.29, 1.82) is 0 Å². The second-order valence-electron chi connectivity index (χ2n) is 9.70. The number of hydrogen-bond acceptors (Lipinski definition) is 9. The molecule has 12 heteroatoms.